The molecule has 9 nitrogen and oxygen atoms in total. The Kier molecular flexibility index (Phi) is 6.68. The van der Waals surface area contributed by atoms with E-state index in [9.17, 15) is 17.6 Å². The fourth-order valence-electron chi connectivity index (χ4n) is 3.34. The van der Waals surface area contributed by atoms with Crippen LogP contribution in [0.25, 0.3) is 16.6 Å². The number of rotatable bonds is 8. The molecular weight excluding hydrogens is 461 g/mol. The Morgan fingerprint density at radius 1 is 1.09 bits per heavy atom. The van der Waals surface area contributed by atoms with Gasteiger partial charge in [-0.3, -0.25) is 9.78 Å². The minimum Gasteiger partial charge on any atom is -0.395 e. The molecule has 0 saturated carbocycles. The van der Waals surface area contributed by atoms with Crippen LogP contribution >= 0.6 is 0 Å². The summed E-state index contributed by atoms with van der Waals surface area (Å²) in [7, 11) is -3.75. The summed E-state index contributed by atoms with van der Waals surface area (Å²) >= 11 is 0. The van der Waals surface area contributed by atoms with Crippen LogP contribution in [-0.4, -0.2) is 46.8 Å². The van der Waals surface area contributed by atoms with Gasteiger partial charge < -0.3 is 10.4 Å². The van der Waals surface area contributed by atoms with E-state index in [0.717, 1.165) is 0 Å². The first-order valence-electron chi connectivity index (χ1n) is 10.4. The molecule has 0 radical (unpaired) electrons. The van der Waals surface area contributed by atoms with E-state index in [1.54, 1.807) is 48.3 Å². The quantitative estimate of drug-likeness (QED) is 0.353. The second kappa shape index (κ2) is 9.67. The molecular formula is C23H22FN5O4S. The van der Waals surface area contributed by atoms with Crippen LogP contribution in [-0.2, 0) is 16.6 Å². The van der Waals surface area contributed by atoms with Gasteiger partial charge in [-0.05, 0) is 48.9 Å². The van der Waals surface area contributed by atoms with Crippen molar-refractivity contribution in [3.05, 3.63) is 84.1 Å². The molecule has 2 aromatic heterocycles. The van der Waals surface area contributed by atoms with Crippen molar-refractivity contribution in [1.29, 1.82) is 0 Å². The first-order chi connectivity index (χ1) is 16.3. The lowest BCUT2D eigenvalue weighted by Crippen LogP contribution is -2.35. The first kappa shape index (κ1) is 23.5. The van der Waals surface area contributed by atoms with Gasteiger partial charge in [-0.2, -0.15) is 5.10 Å². The Hall–Kier alpha value is -3.67. The van der Waals surface area contributed by atoms with Gasteiger partial charge in [-0.15, -0.1) is 0 Å². The minimum atomic E-state index is -3.75. The van der Waals surface area contributed by atoms with Gasteiger partial charge in [0.2, 0.25) is 10.0 Å². The Balaban J connectivity index is 1.48. The smallest absolute Gasteiger partial charge is 0.253 e. The average Bonchev–Trinajstić information content (AvgIpc) is 3.27. The normalized spacial score (nSPS) is 12.6. The third kappa shape index (κ3) is 4.96. The molecule has 2 aromatic carbocycles. The van der Waals surface area contributed by atoms with E-state index < -0.39 is 16.1 Å². The summed E-state index contributed by atoms with van der Waals surface area (Å²) in [6, 6.07) is 11.3. The molecule has 1 atom stereocenters. The number of nitrogens with zero attached hydrogens (tertiary/aromatic N) is 3. The van der Waals surface area contributed by atoms with Crippen molar-refractivity contribution in [1.82, 2.24) is 24.8 Å². The maximum atomic E-state index is 13.2. The number of benzene rings is 2. The van der Waals surface area contributed by atoms with Crippen molar-refractivity contribution in [3.63, 3.8) is 0 Å². The molecule has 3 N–H and O–H groups in total. The summed E-state index contributed by atoms with van der Waals surface area (Å²) in [5.74, 6) is -0.730. The largest absolute Gasteiger partial charge is 0.395 e. The molecule has 2 heterocycles. The lowest BCUT2D eigenvalue weighted by Gasteiger charge is -2.12. The summed E-state index contributed by atoms with van der Waals surface area (Å²) in [5.41, 5.74) is 2.25. The number of aliphatic hydroxyl groups is 1. The number of aromatic nitrogens is 3. The van der Waals surface area contributed by atoms with Crippen molar-refractivity contribution >= 4 is 26.8 Å². The molecule has 0 aliphatic carbocycles. The van der Waals surface area contributed by atoms with Crippen LogP contribution in [0.5, 0.6) is 0 Å². The average molecular weight is 484 g/mol. The fraction of sp³-hybridized carbons (Fsp3) is 0.174. The molecule has 11 heteroatoms. The van der Waals surface area contributed by atoms with E-state index in [-0.39, 0.29) is 29.8 Å². The number of pyridine rings is 1. The molecule has 34 heavy (non-hydrogen) atoms. The molecule has 4 aromatic rings. The molecule has 0 fully saturated rings. The van der Waals surface area contributed by atoms with Crippen LogP contribution in [0.2, 0.25) is 0 Å². The van der Waals surface area contributed by atoms with Gasteiger partial charge in [0.1, 0.15) is 5.82 Å². The van der Waals surface area contributed by atoms with Crippen molar-refractivity contribution in [2.75, 3.05) is 6.61 Å². The molecule has 1 amide bonds. The van der Waals surface area contributed by atoms with Crippen molar-refractivity contribution in [2.24, 2.45) is 0 Å². The Labute approximate surface area is 195 Å². The van der Waals surface area contributed by atoms with Crippen LogP contribution in [0.3, 0.4) is 0 Å². The van der Waals surface area contributed by atoms with E-state index in [0.29, 0.717) is 27.7 Å². The summed E-state index contributed by atoms with van der Waals surface area (Å²) in [4.78, 5) is 17.0. The maximum absolute atomic E-state index is 13.2. The highest BCUT2D eigenvalue weighted by atomic mass is 32.2. The molecule has 0 bridgehead atoms. The number of aliphatic hydroxyl groups excluding tert-OH is 1. The standard InChI is InChI=1S/C23H22FN5O4S/c1-15(14-30)28-34(32,33)19-8-2-16(3-9-19)10-26-23(31)21-11-25-13-22-20(21)12-27-29(22)18-6-4-17(24)5-7-18/h2-9,11-13,15,28,30H,10,14H2,1H3,(H,26,31)/t15-/m0/s1. The Bertz CT molecular complexity index is 1420. The summed E-state index contributed by atoms with van der Waals surface area (Å²) in [6.45, 7) is 1.41. The van der Waals surface area contributed by atoms with Crippen molar-refractivity contribution < 1.29 is 22.7 Å². The number of hydrogen-bond donors (Lipinski definition) is 3. The zero-order chi connectivity index (χ0) is 24.3. The number of halogens is 1. The number of fused-ring (bicyclic) bond motifs is 1. The lowest BCUT2D eigenvalue weighted by molar-refractivity contribution is 0.0952. The van der Waals surface area contributed by atoms with Gasteiger partial charge in [0.15, 0.2) is 0 Å². The predicted octanol–water partition coefficient (Wildman–Crippen LogP) is 2.15. The zero-order valence-electron chi connectivity index (χ0n) is 18.1. The molecule has 4 rings (SSSR count). The topological polar surface area (TPSA) is 126 Å². The highest BCUT2D eigenvalue weighted by molar-refractivity contribution is 7.89. The van der Waals surface area contributed by atoms with Crippen LogP contribution < -0.4 is 10.0 Å². The summed E-state index contributed by atoms with van der Waals surface area (Å²) in [5, 5.41) is 16.7. The molecule has 0 unspecified atom stereocenters. The molecule has 176 valence electrons. The number of carbonyl (C=O) groups is 1. The van der Waals surface area contributed by atoms with Gasteiger partial charge >= 0.3 is 0 Å². The van der Waals surface area contributed by atoms with E-state index >= 15 is 0 Å². The summed E-state index contributed by atoms with van der Waals surface area (Å²) < 4.78 is 41.8. The third-order valence-electron chi connectivity index (χ3n) is 5.13. The van der Waals surface area contributed by atoms with Gasteiger partial charge in [-0.1, -0.05) is 12.1 Å². The highest BCUT2D eigenvalue weighted by Gasteiger charge is 2.17. The second-order valence-electron chi connectivity index (χ2n) is 7.68. The van der Waals surface area contributed by atoms with E-state index in [2.05, 4.69) is 20.1 Å². The number of hydrogen-bond acceptors (Lipinski definition) is 6. The number of amides is 1. The lowest BCUT2D eigenvalue weighted by atomic mass is 10.1. The van der Waals surface area contributed by atoms with Gasteiger partial charge in [0.05, 0.1) is 40.7 Å². The fourth-order valence-corrected chi connectivity index (χ4v) is 4.58. The van der Waals surface area contributed by atoms with Crippen LogP contribution in [0.1, 0.15) is 22.8 Å². The van der Waals surface area contributed by atoms with Crippen molar-refractivity contribution in [2.45, 2.75) is 24.4 Å². The third-order valence-corrected chi connectivity index (χ3v) is 6.74. The minimum absolute atomic E-state index is 0.0602. The SMILES string of the molecule is C[C@@H](CO)NS(=O)(=O)c1ccc(CNC(=O)c2cncc3c2cnn3-c2ccc(F)cc2)cc1. The first-order valence-corrected chi connectivity index (χ1v) is 11.8. The Morgan fingerprint density at radius 3 is 2.47 bits per heavy atom. The van der Waals surface area contributed by atoms with Crippen LogP contribution in [0.15, 0.2) is 72.0 Å². The number of carbonyl (C=O) groups excluding carboxylic acids is 1. The van der Waals surface area contributed by atoms with E-state index in [4.69, 9.17) is 5.11 Å². The predicted molar refractivity (Wildman–Crippen MR) is 123 cm³/mol. The molecule has 0 aliphatic heterocycles. The van der Waals surface area contributed by atoms with Crippen LogP contribution in [0, 0.1) is 5.82 Å². The highest BCUT2D eigenvalue weighted by Crippen LogP contribution is 2.21. The van der Waals surface area contributed by atoms with E-state index in [1.165, 1.54) is 30.5 Å². The zero-order valence-corrected chi connectivity index (χ0v) is 19.0. The number of nitrogens with one attached hydrogen (secondary N) is 2. The maximum Gasteiger partial charge on any atom is 0.253 e. The monoisotopic (exact) mass is 483 g/mol. The molecule has 0 aliphatic rings. The van der Waals surface area contributed by atoms with Crippen molar-refractivity contribution in [3.8, 4) is 5.69 Å². The van der Waals surface area contributed by atoms with E-state index in [1.807, 2.05) is 0 Å². The van der Waals surface area contributed by atoms with Gasteiger partial charge in [0, 0.05) is 24.2 Å². The second-order valence-corrected chi connectivity index (χ2v) is 9.40. The Morgan fingerprint density at radius 2 is 1.79 bits per heavy atom. The van der Waals surface area contributed by atoms with Crippen LogP contribution in [0.4, 0.5) is 4.39 Å². The summed E-state index contributed by atoms with van der Waals surface area (Å²) in [6.07, 6.45) is 4.57. The molecule has 0 spiro atoms. The van der Waals surface area contributed by atoms with Gasteiger partial charge in [-0.25, -0.2) is 22.2 Å². The number of sulfonamides is 1. The van der Waals surface area contributed by atoms with Gasteiger partial charge in [0.25, 0.3) is 5.91 Å². The molecule has 0 saturated heterocycles.